The van der Waals surface area contributed by atoms with Crippen molar-refractivity contribution in [3.8, 4) is 11.5 Å². The highest BCUT2D eigenvalue weighted by Crippen LogP contribution is 2.28. The lowest BCUT2D eigenvalue weighted by molar-refractivity contribution is -0.136. The standard InChI is InChI=1S/C24H24O4/c25-22-12-10-21(16-20-8-6-19(7-9-20)11-13-24(26)27)17-23(22)28-15-14-18-4-2-1-3-5-18/h1-10,12,17,25H,11,13-16H2,(H,26,27). The number of carboxylic acid groups (broad SMARTS) is 1. The number of carboxylic acids is 1. The fourth-order valence-corrected chi connectivity index (χ4v) is 3.02. The van der Waals surface area contributed by atoms with Gasteiger partial charge in [0.15, 0.2) is 11.5 Å². The predicted octanol–water partition coefficient (Wildman–Crippen LogP) is 4.62. The molecule has 3 rings (SSSR count). The van der Waals surface area contributed by atoms with E-state index in [-0.39, 0.29) is 12.2 Å². The number of aromatic hydroxyl groups is 1. The third-order valence-electron chi connectivity index (χ3n) is 4.57. The van der Waals surface area contributed by atoms with Gasteiger partial charge in [0.2, 0.25) is 0 Å². The summed E-state index contributed by atoms with van der Waals surface area (Å²) in [6.45, 7) is 0.499. The number of benzene rings is 3. The quantitative estimate of drug-likeness (QED) is 0.572. The third kappa shape index (κ3) is 5.88. The van der Waals surface area contributed by atoms with Gasteiger partial charge in [0.25, 0.3) is 0 Å². The molecule has 28 heavy (non-hydrogen) atoms. The van der Waals surface area contributed by atoms with Crippen LogP contribution in [0.5, 0.6) is 11.5 Å². The van der Waals surface area contributed by atoms with E-state index in [1.54, 1.807) is 6.07 Å². The topological polar surface area (TPSA) is 66.8 Å². The Morgan fingerprint density at radius 2 is 1.43 bits per heavy atom. The maximum absolute atomic E-state index is 10.7. The maximum Gasteiger partial charge on any atom is 0.303 e. The largest absolute Gasteiger partial charge is 0.504 e. The second-order valence-corrected chi connectivity index (χ2v) is 6.77. The Labute approximate surface area is 165 Å². The monoisotopic (exact) mass is 376 g/mol. The van der Waals surface area contributed by atoms with Gasteiger partial charge < -0.3 is 14.9 Å². The van der Waals surface area contributed by atoms with Crippen LogP contribution in [0, 0.1) is 0 Å². The second kappa shape index (κ2) is 9.60. The van der Waals surface area contributed by atoms with Crippen LogP contribution in [-0.2, 0) is 24.1 Å². The van der Waals surface area contributed by atoms with Gasteiger partial charge in [-0.25, -0.2) is 0 Å². The van der Waals surface area contributed by atoms with Gasteiger partial charge in [-0.05, 0) is 47.2 Å². The lowest BCUT2D eigenvalue weighted by Gasteiger charge is -2.11. The summed E-state index contributed by atoms with van der Waals surface area (Å²) >= 11 is 0. The van der Waals surface area contributed by atoms with E-state index >= 15 is 0 Å². The van der Waals surface area contributed by atoms with E-state index in [2.05, 4.69) is 12.1 Å². The second-order valence-electron chi connectivity index (χ2n) is 6.77. The van der Waals surface area contributed by atoms with Gasteiger partial charge in [0, 0.05) is 12.8 Å². The first-order valence-electron chi connectivity index (χ1n) is 9.38. The van der Waals surface area contributed by atoms with Crippen molar-refractivity contribution in [2.24, 2.45) is 0 Å². The van der Waals surface area contributed by atoms with E-state index in [0.29, 0.717) is 25.2 Å². The normalized spacial score (nSPS) is 10.6. The summed E-state index contributed by atoms with van der Waals surface area (Å²) < 4.78 is 5.79. The van der Waals surface area contributed by atoms with E-state index in [0.717, 1.165) is 23.1 Å². The summed E-state index contributed by atoms with van der Waals surface area (Å²) in [5.74, 6) is -0.152. The highest BCUT2D eigenvalue weighted by molar-refractivity contribution is 5.67. The Hall–Kier alpha value is -3.27. The molecule has 0 aliphatic carbocycles. The molecule has 0 atom stereocenters. The zero-order valence-electron chi connectivity index (χ0n) is 15.7. The number of ether oxygens (including phenoxy) is 1. The minimum atomic E-state index is -0.784. The Morgan fingerprint density at radius 3 is 2.14 bits per heavy atom. The molecule has 0 radical (unpaired) electrons. The van der Waals surface area contributed by atoms with Gasteiger partial charge in [-0.1, -0.05) is 60.7 Å². The maximum atomic E-state index is 10.7. The fourth-order valence-electron chi connectivity index (χ4n) is 3.02. The molecule has 0 amide bonds. The first-order chi connectivity index (χ1) is 13.6. The SMILES string of the molecule is O=C(O)CCc1ccc(Cc2ccc(O)c(OCCc3ccccc3)c2)cc1. The average Bonchev–Trinajstić information content (AvgIpc) is 2.70. The highest BCUT2D eigenvalue weighted by atomic mass is 16.5. The van der Waals surface area contributed by atoms with Crippen molar-refractivity contribution >= 4 is 5.97 Å². The average molecular weight is 376 g/mol. The first kappa shape index (κ1) is 19.5. The minimum Gasteiger partial charge on any atom is -0.504 e. The summed E-state index contributed by atoms with van der Waals surface area (Å²) in [6, 6.07) is 23.5. The van der Waals surface area contributed by atoms with Gasteiger partial charge in [0.05, 0.1) is 6.61 Å². The van der Waals surface area contributed by atoms with Gasteiger partial charge in [-0.3, -0.25) is 4.79 Å². The number of hydrogen-bond acceptors (Lipinski definition) is 3. The van der Waals surface area contributed by atoms with Gasteiger partial charge >= 0.3 is 5.97 Å². The molecular formula is C24H24O4. The van der Waals surface area contributed by atoms with Gasteiger partial charge in [-0.15, -0.1) is 0 Å². The summed E-state index contributed by atoms with van der Waals surface area (Å²) in [4.78, 5) is 10.7. The predicted molar refractivity (Wildman–Crippen MR) is 109 cm³/mol. The van der Waals surface area contributed by atoms with Crippen molar-refractivity contribution in [1.29, 1.82) is 0 Å². The Balaban J connectivity index is 1.58. The van der Waals surface area contributed by atoms with Crippen molar-refractivity contribution in [2.45, 2.75) is 25.7 Å². The molecule has 0 bridgehead atoms. The minimum absolute atomic E-state index is 0.140. The van der Waals surface area contributed by atoms with E-state index in [1.807, 2.05) is 54.6 Å². The van der Waals surface area contributed by atoms with Crippen molar-refractivity contribution in [2.75, 3.05) is 6.61 Å². The number of carbonyl (C=O) groups is 1. The number of aryl methyl sites for hydroxylation is 1. The molecular weight excluding hydrogens is 352 g/mol. The van der Waals surface area contributed by atoms with Crippen molar-refractivity contribution < 1.29 is 19.7 Å². The highest BCUT2D eigenvalue weighted by Gasteiger charge is 2.06. The van der Waals surface area contributed by atoms with Crippen LogP contribution in [-0.4, -0.2) is 22.8 Å². The molecule has 0 aromatic heterocycles. The molecule has 4 heteroatoms. The third-order valence-corrected chi connectivity index (χ3v) is 4.57. The van der Waals surface area contributed by atoms with Crippen LogP contribution in [0.3, 0.4) is 0 Å². The molecule has 3 aromatic carbocycles. The number of hydrogen-bond donors (Lipinski definition) is 2. The van der Waals surface area contributed by atoms with Crippen LogP contribution in [0.15, 0.2) is 72.8 Å². The fraction of sp³-hybridized carbons (Fsp3) is 0.208. The molecule has 0 spiro atoms. The van der Waals surface area contributed by atoms with Crippen molar-refractivity contribution in [3.63, 3.8) is 0 Å². The molecule has 0 fully saturated rings. The zero-order valence-corrected chi connectivity index (χ0v) is 15.7. The summed E-state index contributed by atoms with van der Waals surface area (Å²) in [6.07, 6.45) is 2.17. The van der Waals surface area contributed by atoms with E-state index in [1.165, 1.54) is 5.56 Å². The number of phenols is 1. The molecule has 0 saturated carbocycles. The van der Waals surface area contributed by atoms with Crippen molar-refractivity contribution in [3.05, 3.63) is 95.1 Å². The lowest BCUT2D eigenvalue weighted by Crippen LogP contribution is -2.02. The molecule has 0 unspecified atom stereocenters. The molecule has 4 nitrogen and oxygen atoms in total. The Morgan fingerprint density at radius 1 is 0.786 bits per heavy atom. The lowest BCUT2D eigenvalue weighted by atomic mass is 10.0. The van der Waals surface area contributed by atoms with Crippen LogP contribution in [0.25, 0.3) is 0 Å². The molecule has 3 aromatic rings. The summed E-state index contributed by atoms with van der Waals surface area (Å²) in [7, 11) is 0. The van der Waals surface area contributed by atoms with Gasteiger partial charge in [0.1, 0.15) is 0 Å². The van der Waals surface area contributed by atoms with Crippen LogP contribution in [0.1, 0.15) is 28.7 Å². The number of rotatable bonds is 9. The van der Waals surface area contributed by atoms with E-state index < -0.39 is 5.97 Å². The smallest absolute Gasteiger partial charge is 0.303 e. The Kier molecular flexibility index (Phi) is 6.68. The van der Waals surface area contributed by atoms with Crippen molar-refractivity contribution in [1.82, 2.24) is 0 Å². The number of phenolic OH excluding ortho intramolecular Hbond substituents is 1. The van der Waals surface area contributed by atoms with Crippen LogP contribution in [0.2, 0.25) is 0 Å². The molecule has 0 aliphatic heterocycles. The van der Waals surface area contributed by atoms with E-state index in [4.69, 9.17) is 9.84 Å². The summed E-state index contributed by atoms with van der Waals surface area (Å²) in [5.41, 5.74) is 4.38. The molecule has 2 N–H and O–H groups in total. The number of aliphatic carboxylic acids is 1. The molecule has 144 valence electrons. The Bertz CT molecular complexity index is 902. The van der Waals surface area contributed by atoms with Crippen LogP contribution < -0.4 is 4.74 Å². The van der Waals surface area contributed by atoms with Crippen LogP contribution in [0.4, 0.5) is 0 Å². The van der Waals surface area contributed by atoms with Gasteiger partial charge in [-0.2, -0.15) is 0 Å². The van der Waals surface area contributed by atoms with Crippen LogP contribution >= 0.6 is 0 Å². The molecule has 0 aliphatic rings. The molecule has 0 heterocycles. The zero-order chi connectivity index (χ0) is 19.8. The summed E-state index contributed by atoms with van der Waals surface area (Å²) in [5, 5.41) is 18.8. The first-order valence-corrected chi connectivity index (χ1v) is 9.38. The van der Waals surface area contributed by atoms with E-state index in [9.17, 15) is 9.90 Å². The molecule has 0 saturated heterocycles.